The lowest BCUT2D eigenvalue weighted by Crippen LogP contribution is -2.26. The SMILES string of the molecule is CC(NC(=O)c1cccc(S(C)(=O)=O)c1)c1ccc(Cl)cc1. The fraction of sp³-hybridized carbons (Fsp3) is 0.188. The van der Waals surface area contributed by atoms with Gasteiger partial charge in [0.1, 0.15) is 0 Å². The topological polar surface area (TPSA) is 63.2 Å². The molecule has 0 aliphatic heterocycles. The first-order valence-corrected chi connectivity index (χ1v) is 8.91. The molecule has 2 aromatic carbocycles. The zero-order valence-electron chi connectivity index (χ0n) is 12.2. The lowest BCUT2D eigenvalue weighted by molar-refractivity contribution is 0.0939. The Kier molecular flexibility index (Phi) is 4.88. The third kappa shape index (κ3) is 4.08. The fourth-order valence-electron chi connectivity index (χ4n) is 1.98. The maximum atomic E-state index is 12.2. The van der Waals surface area contributed by atoms with Crippen LogP contribution in [-0.4, -0.2) is 20.6 Å². The van der Waals surface area contributed by atoms with Crippen LogP contribution in [0.5, 0.6) is 0 Å². The third-order valence-electron chi connectivity index (χ3n) is 3.24. The summed E-state index contributed by atoms with van der Waals surface area (Å²) in [5.41, 5.74) is 1.22. The van der Waals surface area contributed by atoms with Crippen LogP contribution in [0, 0.1) is 0 Å². The largest absolute Gasteiger partial charge is 0.346 e. The fourth-order valence-corrected chi connectivity index (χ4v) is 2.78. The van der Waals surface area contributed by atoms with Gasteiger partial charge in [-0.3, -0.25) is 4.79 Å². The Bertz CT molecular complexity index is 785. The van der Waals surface area contributed by atoms with Crippen molar-refractivity contribution in [1.82, 2.24) is 5.32 Å². The minimum Gasteiger partial charge on any atom is -0.346 e. The van der Waals surface area contributed by atoms with Crippen molar-refractivity contribution in [3.05, 3.63) is 64.7 Å². The summed E-state index contributed by atoms with van der Waals surface area (Å²) < 4.78 is 23.1. The molecule has 1 unspecified atom stereocenters. The van der Waals surface area contributed by atoms with E-state index in [0.29, 0.717) is 10.6 Å². The third-order valence-corrected chi connectivity index (χ3v) is 4.60. The highest BCUT2D eigenvalue weighted by atomic mass is 35.5. The van der Waals surface area contributed by atoms with Gasteiger partial charge < -0.3 is 5.32 Å². The van der Waals surface area contributed by atoms with Crippen LogP contribution in [0.2, 0.25) is 5.02 Å². The molecule has 116 valence electrons. The normalized spacial score (nSPS) is 12.7. The van der Waals surface area contributed by atoms with E-state index in [-0.39, 0.29) is 16.8 Å². The van der Waals surface area contributed by atoms with Crippen molar-refractivity contribution >= 4 is 27.3 Å². The molecule has 0 aliphatic carbocycles. The molecular formula is C16H16ClNO3S. The standard InChI is InChI=1S/C16H16ClNO3S/c1-11(12-6-8-14(17)9-7-12)18-16(19)13-4-3-5-15(10-13)22(2,20)21/h3-11H,1-2H3,(H,18,19). The number of carbonyl (C=O) groups is 1. The van der Waals surface area contributed by atoms with Gasteiger partial charge in [0.2, 0.25) is 0 Å². The van der Waals surface area contributed by atoms with Crippen LogP contribution < -0.4 is 5.32 Å². The second-order valence-corrected chi connectivity index (χ2v) is 7.50. The summed E-state index contributed by atoms with van der Waals surface area (Å²) in [6, 6.07) is 12.9. The van der Waals surface area contributed by atoms with Gasteiger partial charge >= 0.3 is 0 Å². The Morgan fingerprint density at radius 1 is 1.14 bits per heavy atom. The van der Waals surface area contributed by atoms with E-state index in [1.165, 1.54) is 12.1 Å². The van der Waals surface area contributed by atoms with Gasteiger partial charge in [-0.15, -0.1) is 0 Å². The molecular weight excluding hydrogens is 322 g/mol. The predicted octanol–water partition coefficient (Wildman–Crippen LogP) is 3.23. The molecule has 22 heavy (non-hydrogen) atoms. The lowest BCUT2D eigenvalue weighted by atomic mass is 10.1. The summed E-state index contributed by atoms with van der Waals surface area (Å²) >= 11 is 5.83. The highest BCUT2D eigenvalue weighted by molar-refractivity contribution is 7.90. The Balaban J connectivity index is 2.17. The predicted molar refractivity (Wildman–Crippen MR) is 86.9 cm³/mol. The quantitative estimate of drug-likeness (QED) is 0.931. The van der Waals surface area contributed by atoms with Gasteiger partial charge in [0.15, 0.2) is 9.84 Å². The zero-order chi connectivity index (χ0) is 16.3. The van der Waals surface area contributed by atoms with E-state index < -0.39 is 9.84 Å². The average Bonchev–Trinajstić information content (AvgIpc) is 2.47. The first-order valence-electron chi connectivity index (χ1n) is 6.64. The van der Waals surface area contributed by atoms with E-state index in [0.717, 1.165) is 11.8 Å². The van der Waals surface area contributed by atoms with Crippen molar-refractivity contribution in [2.24, 2.45) is 0 Å². The van der Waals surface area contributed by atoms with E-state index in [9.17, 15) is 13.2 Å². The van der Waals surface area contributed by atoms with Gasteiger partial charge in [0.25, 0.3) is 5.91 Å². The van der Waals surface area contributed by atoms with Crippen molar-refractivity contribution in [3.8, 4) is 0 Å². The van der Waals surface area contributed by atoms with Crippen molar-refractivity contribution in [2.45, 2.75) is 17.9 Å². The molecule has 0 aromatic heterocycles. The summed E-state index contributed by atoms with van der Waals surface area (Å²) in [7, 11) is -3.34. The number of amides is 1. The molecule has 0 heterocycles. The van der Waals surface area contributed by atoms with Gasteiger partial charge in [0, 0.05) is 16.8 Å². The van der Waals surface area contributed by atoms with Crippen molar-refractivity contribution in [3.63, 3.8) is 0 Å². The first kappa shape index (κ1) is 16.5. The molecule has 0 fully saturated rings. The molecule has 0 spiro atoms. The Morgan fingerprint density at radius 3 is 2.36 bits per heavy atom. The van der Waals surface area contributed by atoms with Gasteiger partial charge in [-0.25, -0.2) is 8.42 Å². The Morgan fingerprint density at radius 2 is 1.77 bits per heavy atom. The van der Waals surface area contributed by atoms with E-state index >= 15 is 0 Å². The lowest BCUT2D eigenvalue weighted by Gasteiger charge is -2.14. The molecule has 0 aliphatic rings. The molecule has 0 radical (unpaired) electrons. The number of benzene rings is 2. The van der Waals surface area contributed by atoms with Crippen molar-refractivity contribution < 1.29 is 13.2 Å². The van der Waals surface area contributed by atoms with E-state index in [1.54, 1.807) is 24.3 Å². The van der Waals surface area contributed by atoms with Crippen LogP contribution >= 0.6 is 11.6 Å². The maximum Gasteiger partial charge on any atom is 0.251 e. The Hall–Kier alpha value is -1.85. The zero-order valence-corrected chi connectivity index (χ0v) is 13.8. The monoisotopic (exact) mass is 337 g/mol. The number of rotatable bonds is 4. The number of carbonyl (C=O) groups excluding carboxylic acids is 1. The second kappa shape index (κ2) is 6.50. The van der Waals surface area contributed by atoms with E-state index in [2.05, 4.69) is 5.32 Å². The number of hydrogen-bond acceptors (Lipinski definition) is 3. The highest BCUT2D eigenvalue weighted by Gasteiger charge is 2.14. The average molecular weight is 338 g/mol. The van der Waals surface area contributed by atoms with Crippen LogP contribution in [0.15, 0.2) is 53.4 Å². The molecule has 2 rings (SSSR count). The van der Waals surface area contributed by atoms with E-state index in [4.69, 9.17) is 11.6 Å². The smallest absolute Gasteiger partial charge is 0.251 e. The molecule has 0 saturated carbocycles. The summed E-state index contributed by atoms with van der Waals surface area (Å²) in [6.45, 7) is 1.85. The molecule has 2 aromatic rings. The molecule has 4 nitrogen and oxygen atoms in total. The van der Waals surface area contributed by atoms with E-state index in [1.807, 2.05) is 19.1 Å². The molecule has 1 atom stereocenters. The van der Waals surface area contributed by atoms with Gasteiger partial charge in [-0.1, -0.05) is 29.8 Å². The first-order chi connectivity index (χ1) is 10.3. The van der Waals surface area contributed by atoms with Crippen LogP contribution in [0.3, 0.4) is 0 Å². The number of sulfone groups is 1. The van der Waals surface area contributed by atoms with Crippen molar-refractivity contribution in [2.75, 3.05) is 6.26 Å². The summed E-state index contributed by atoms with van der Waals surface area (Å²) in [6.07, 6.45) is 1.11. The minimum atomic E-state index is -3.34. The maximum absolute atomic E-state index is 12.2. The van der Waals surface area contributed by atoms with Crippen LogP contribution in [0.4, 0.5) is 0 Å². The van der Waals surface area contributed by atoms with Gasteiger partial charge in [-0.05, 0) is 42.8 Å². The molecule has 1 N–H and O–H groups in total. The summed E-state index contributed by atoms with van der Waals surface area (Å²) in [4.78, 5) is 12.4. The van der Waals surface area contributed by atoms with Gasteiger partial charge in [0.05, 0.1) is 10.9 Å². The number of nitrogens with one attached hydrogen (secondary N) is 1. The van der Waals surface area contributed by atoms with Crippen molar-refractivity contribution in [1.29, 1.82) is 0 Å². The molecule has 6 heteroatoms. The number of hydrogen-bond donors (Lipinski definition) is 1. The summed E-state index contributed by atoms with van der Waals surface area (Å²) in [5, 5.41) is 3.46. The van der Waals surface area contributed by atoms with Crippen LogP contribution in [0.1, 0.15) is 28.9 Å². The molecule has 0 saturated heterocycles. The minimum absolute atomic E-state index is 0.124. The second-order valence-electron chi connectivity index (χ2n) is 5.05. The molecule has 0 bridgehead atoms. The summed E-state index contributed by atoms with van der Waals surface area (Å²) in [5.74, 6) is -0.326. The van der Waals surface area contributed by atoms with Crippen LogP contribution in [-0.2, 0) is 9.84 Å². The molecule has 1 amide bonds. The Labute approximate surface area is 135 Å². The van der Waals surface area contributed by atoms with Crippen LogP contribution in [0.25, 0.3) is 0 Å². The van der Waals surface area contributed by atoms with Gasteiger partial charge in [-0.2, -0.15) is 0 Å². The number of halogens is 1. The highest BCUT2D eigenvalue weighted by Crippen LogP contribution is 2.17.